The summed E-state index contributed by atoms with van der Waals surface area (Å²) in [6.07, 6.45) is 0.0252. The van der Waals surface area contributed by atoms with Crippen LogP contribution in [0.2, 0.25) is 5.02 Å². The normalized spacial score (nSPS) is 13.2. The van der Waals surface area contributed by atoms with Crippen LogP contribution in [-0.2, 0) is 4.79 Å². The number of hydrogen-bond donors (Lipinski definition) is 1. The Morgan fingerprint density at radius 3 is 2.54 bits per heavy atom. The van der Waals surface area contributed by atoms with Gasteiger partial charge in [-0.1, -0.05) is 35.9 Å². The molecular formula is C18H15ClN2O3. The monoisotopic (exact) mass is 342 g/mol. The van der Waals surface area contributed by atoms with Gasteiger partial charge in [-0.15, -0.1) is 0 Å². The fraction of sp³-hybridized carbons (Fsp3) is 0.167. The second-order valence-corrected chi connectivity index (χ2v) is 5.94. The molecule has 0 atom stereocenters. The van der Waals surface area contributed by atoms with Gasteiger partial charge >= 0.3 is 0 Å². The summed E-state index contributed by atoms with van der Waals surface area (Å²) in [6, 6.07) is 12.2. The maximum Gasteiger partial charge on any atom is 0.263 e. The van der Waals surface area contributed by atoms with Gasteiger partial charge in [-0.2, -0.15) is 0 Å². The lowest BCUT2D eigenvalue weighted by Gasteiger charge is -2.14. The summed E-state index contributed by atoms with van der Waals surface area (Å²) in [5.74, 6) is -1.13. The summed E-state index contributed by atoms with van der Waals surface area (Å²) >= 11 is 6.00. The van der Waals surface area contributed by atoms with Crippen LogP contribution in [0.5, 0.6) is 0 Å². The maximum absolute atomic E-state index is 12.3. The lowest BCUT2D eigenvalue weighted by molar-refractivity contribution is -0.116. The third kappa shape index (κ3) is 2.90. The van der Waals surface area contributed by atoms with Crippen LogP contribution in [0.25, 0.3) is 0 Å². The minimum Gasteiger partial charge on any atom is -0.326 e. The van der Waals surface area contributed by atoms with E-state index in [1.165, 1.54) is 0 Å². The zero-order chi connectivity index (χ0) is 17.3. The predicted molar refractivity (Wildman–Crippen MR) is 91.2 cm³/mol. The molecule has 1 aliphatic rings. The summed E-state index contributed by atoms with van der Waals surface area (Å²) < 4.78 is 0. The molecule has 24 heavy (non-hydrogen) atoms. The molecule has 0 saturated heterocycles. The smallest absolute Gasteiger partial charge is 0.263 e. The van der Waals surface area contributed by atoms with Gasteiger partial charge < -0.3 is 5.32 Å². The molecule has 1 heterocycles. The molecule has 0 aromatic heterocycles. The van der Waals surface area contributed by atoms with Gasteiger partial charge in [0.2, 0.25) is 5.91 Å². The minimum absolute atomic E-state index is 0.0143. The van der Waals surface area contributed by atoms with Crippen LogP contribution in [0.15, 0.2) is 42.5 Å². The highest BCUT2D eigenvalue weighted by Crippen LogP contribution is 2.29. The molecule has 0 bridgehead atoms. The summed E-state index contributed by atoms with van der Waals surface area (Å²) in [5, 5.41) is 3.03. The highest BCUT2D eigenvalue weighted by molar-refractivity contribution is 6.37. The van der Waals surface area contributed by atoms with Gasteiger partial charge in [-0.3, -0.25) is 19.3 Å². The predicted octanol–water partition coefficient (Wildman–Crippen LogP) is 3.27. The molecule has 2 aromatic rings. The molecule has 2 aromatic carbocycles. The SMILES string of the molecule is Cc1ccccc1NC(=O)CCN1C(=O)c2cccc(Cl)c2C1=O. The fourth-order valence-electron chi connectivity index (χ4n) is 2.63. The number of hydrogen-bond acceptors (Lipinski definition) is 3. The van der Waals surface area contributed by atoms with Crippen LogP contribution in [0.3, 0.4) is 0 Å². The van der Waals surface area contributed by atoms with Crippen LogP contribution in [0, 0.1) is 6.92 Å². The first-order chi connectivity index (χ1) is 11.5. The van der Waals surface area contributed by atoms with E-state index in [2.05, 4.69) is 5.32 Å². The molecule has 6 heteroatoms. The van der Waals surface area contributed by atoms with Gasteiger partial charge in [0.25, 0.3) is 11.8 Å². The molecule has 0 saturated carbocycles. The van der Waals surface area contributed by atoms with Gasteiger partial charge in [-0.05, 0) is 30.7 Å². The first-order valence-electron chi connectivity index (χ1n) is 7.49. The van der Waals surface area contributed by atoms with Crippen molar-refractivity contribution in [2.45, 2.75) is 13.3 Å². The summed E-state index contributed by atoms with van der Waals surface area (Å²) in [5.41, 5.74) is 2.15. The molecule has 0 unspecified atom stereocenters. The van der Waals surface area contributed by atoms with E-state index in [0.717, 1.165) is 10.5 Å². The van der Waals surface area contributed by atoms with Crippen molar-refractivity contribution in [1.82, 2.24) is 4.90 Å². The third-order valence-electron chi connectivity index (χ3n) is 3.93. The van der Waals surface area contributed by atoms with Gasteiger partial charge in [0.1, 0.15) is 0 Å². The molecule has 0 aliphatic carbocycles. The Morgan fingerprint density at radius 1 is 1.08 bits per heavy atom. The highest BCUT2D eigenvalue weighted by atomic mass is 35.5. The number of nitrogens with zero attached hydrogens (tertiary/aromatic N) is 1. The maximum atomic E-state index is 12.3. The lowest BCUT2D eigenvalue weighted by Crippen LogP contribution is -2.33. The van der Waals surface area contributed by atoms with Crippen molar-refractivity contribution in [3.05, 3.63) is 64.2 Å². The Balaban J connectivity index is 1.67. The number of aryl methyl sites for hydroxylation is 1. The lowest BCUT2D eigenvalue weighted by atomic mass is 10.1. The molecule has 3 amide bonds. The number of amides is 3. The van der Waals surface area contributed by atoms with Gasteiger partial charge in [0.05, 0.1) is 16.1 Å². The topological polar surface area (TPSA) is 66.5 Å². The second-order valence-electron chi connectivity index (χ2n) is 5.54. The minimum atomic E-state index is -0.454. The molecule has 122 valence electrons. The van der Waals surface area contributed by atoms with Crippen molar-refractivity contribution in [1.29, 1.82) is 0 Å². The van der Waals surface area contributed by atoms with Gasteiger partial charge in [0, 0.05) is 18.7 Å². The van der Waals surface area contributed by atoms with Gasteiger partial charge in [-0.25, -0.2) is 0 Å². The Bertz CT molecular complexity index is 848. The average Bonchev–Trinajstić information content (AvgIpc) is 2.80. The fourth-order valence-corrected chi connectivity index (χ4v) is 2.89. The van der Waals surface area contributed by atoms with E-state index in [1.54, 1.807) is 24.3 Å². The van der Waals surface area contributed by atoms with E-state index < -0.39 is 11.8 Å². The van der Waals surface area contributed by atoms with E-state index in [4.69, 9.17) is 11.6 Å². The highest BCUT2D eigenvalue weighted by Gasteiger charge is 2.37. The number of fused-ring (bicyclic) bond motifs is 1. The number of rotatable bonds is 4. The second kappa shape index (κ2) is 6.45. The Kier molecular flexibility index (Phi) is 4.36. The number of para-hydroxylation sites is 1. The number of carbonyl (C=O) groups is 3. The van der Waals surface area contributed by atoms with Crippen LogP contribution >= 0.6 is 11.6 Å². The van der Waals surface area contributed by atoms with Crippen LogP contribution < -0.4 is 5.32 Å². The Hall–Kier alpha value is -2.66. The van der Waals surface area contributed by atoms with Crippen molar-refractivity contribution in [3.8, 4) is 0 Å². The molecule has 1 aliphatic heterocycles. The molecule has 0 fully saturated rings. The molecule has 3 rings (SSSR count). The van der Waals surface area contributed by atoms with Crippen molar-refractivity contribution in [2.75, 3.05) is 11.9 Å². The first-order valence-corrected chi connectivity index (χ1v) is 7.87. The van der Waals surface area contributed by atoms with Crippen molar-refractivity contribution in [3.63, 3.8) is 0 Å². The zero-order valence-electron chi connectivity index (χ0n) is 13.0. The van der Waals surface area contributed by atoms with E-state index in [-0.39, 0.29) is 35.0 Å². The largest absolute Gasteiger partial charge is 0.326 e. The van der Waals surface area contributed by atoms with E-state index >= 15 is 0 Å². The van der Waals surface area contributed by atoms with Crippen molar-refractivity contribution < 1.29 is 14.4 Å². The number of carbonyl (C=O) groups excluding carboxylic acids is 3. The van der Waals surface area contributed by atoms with E-state index in [0.29, 0.717) is 5.69 Å². The van der Waals surface area contributed by atoms with Crippen molar-refractivity contribution >= 4 is 35.0 Å². The van der Waals surface area contributed by atoms with E-state index in [1.807, 2.05) is 25.1 Å². The molecular weight excluding hydrogens is 328 g/mol. The van der Waals surface area contributed by atoms with Crippen LogP contribution in [-0.4, -0.2) is 29.2 Å². The van der Waals surface area contributed by atoms with Crippen LogP contribution in [0.1, 0.15) is 32.7 Å². The number of anilines is 1. The molecule has 0 radical (unpaired) electrons. The number of nitrogens with one attached hydrogen (secondary N) is 1. The summed E-state index contributed by atoms with van der Waals surface area (Å²) in [6.45, 7) is 1.90. The van der Waals surface area contributed by atoms with Crippen LogP contribution in [0.4, 0.5) is 5.69 Å². The summed E-state index contributed by atoms with van der Waals surface area (Å²) in [4.78, 5) is 37.8. The number of imide groups is 1. The third-order valence-corrected chi connectivity index (χ3v) is 4.24. The number of halogens is 1. The molecule has 5 nitrogen and oxygen atoms in total. The van der Waals surface area contributed by atoms with Gasteiger partial charge in [0.15, 0.2) is 0 Å². The van der Waals surface area contributed by atoms with E-state index in [9.17, 15) is 14.4 Å². The Morgan fingerprint density at radius 2 is 1.83 bits per heavy atom. The number of benzene rings is 2. The average molecular weight is 343 g/mol. The standard InChI is InChI=1S/C18H15ClN2O3/c1-11-5-2-3-8-14(11)20-15(22)9-10-21-17(23)12-6-4-7-13(19)16(12)18(21)24/h2-8H,9-10H2,1H3,(H,20,22). The Labute approximate surface area is 144 Å². The summed E-state index contributed by atoms with van der Waals surface area (Å²) in [7, 11) is 0. The zero-order valence-corrected chi connectivity index (χ0v) is 13.8. The molecule has 1 N–H and O–H groups in total. The quantitative estimate of drug-likeness (QED) is 0.867. The molecule has 0 spiro atoms. The first kappa shape index (κ1) is 16.2. The van der Waals surface area contributed by atoms with Crippen molar-refractivity contribution in [2.24, 2.45) is 0 Å².